The number of carbonyl (C=O) groups is 1. The van der Waals surface area contributed by atoms with Crippen molar-refractivity contribution in [3.8, 4) is 0 Å². The number of ether oxygens (including phenoxy) is 1. The van der Waals surface area contributed by atoms with E-state index in [2.05, 4.69) is 13.8 Å². The predicted molar refractivity (Wildman–Crippen MR) is 45.6 cm³/mol. The summed E-state index contributed by atoms with van der Waals surface area (Å²) in [5, 5.41) is 0. The van der Waals surface area contributed by atoms with Crippen molar-refractivity contribution in [2.45, 2.75) is 45.6 Å². The zero-order valence-corrected chi connectivity index (χ0v) is 8.02. The van der Waals surface area contributed by atoms with Gasteiger partial charge >= 0.3 is 5.97 Å². The molecule has 0 aromatic heterocycles. The normalized spacial score (nSPS) is 52.2. The van der Waals surface area contributed by atoms with Crippen molar-refractivity contribution in [2.75, 3.05) is 0 Å². The van der Waals surface area contributed by atoms with Crippen LogP contribution in [0.2, 0.25) is 0 Å². The first kappa shape index (κ1) is 8.09. The molecule has 0 aromatic rings. The second kappa shape index (κ2) is 2.04. The lowest BCUT2D eigenvalue weighted by molar-refractivity contribution is -0.151. The van der Waals surface area contributed by atoms with E-state index >= 15 is 0 Å². The third kappa shape index (κ3) is 0.970. The fraction of sp³-hybridized carbons (Fsp3) is 0.900. The Labute approximate surface area is 73.3 Å². The summed E-state index contributed by atoms with van der Waals surface area (Å²) >= 11 is 0. The molecule has 68 valence electrons. The average molecular weight is 168 g/mol. The highest BCUT2D eigenvalue weighted by Crippen LogP contribution is 2.52. The van der Waals surface area contributed by atoms with E-state index in [0.29, 0.717) is 5.92 Å². The van der Waals surface area contributed by atoms with Crippen molar-refractivity contribution in [3.05, 3.63) is 0 Å². The van der Waals surface area contributed by atoms with E-state index in [1.54, 1.807) is 0 Å². The highest BCUT2D eigenvalue weighted by Gasteiger charge is 2.55. The molecule has 1 saturated heterocycles. The number of esters is 1. The van der Waals surface area contributed by atoms with E-state index in [1.165, 1.54) is 0 Å². The Kier molecular flexibility index (Phi) is 1.37. The summed E-state index contributed by atoms with van der Waals surface area (Å²) in [5.74, 6) is 0.648. The van der Waals surface area contributed by atoms with Gasteiger partial charge in [-0.1, -0.05) is 6.92 Å². The predicted octanol–water partition coefficient (Wildman–Crippen LogP) is 2.13. The van der Waals surface area contributed by atoms with Crippen LogP contribution in [0.25, 0.3) is 0 Å². The van der Waals surface area contributed by atoms with Crippen LogP contribution in [-0.2, 0) is 9.53 Å². The van der Waals surface area contributed by atoms with Crippen molar-refractivity contribution >= 4 is 5.97 Å². The molecule has 12 heavy (non-hydrogen) atoms. The monoisotopic (exact) mass is 168 g/mol. The number of hydrogen-bond acceptors (Lipinski definition) is 2. The van der Waals surface area contributed by atoms with E-state index in [9.17, 15) is 4.79 Å². The molecule has 1 aliphatic carbocycles. The highest BCUT2D eigenvalue weighted by atomic mass is 16.6. The van der Waals surface area contributed by atoms with Crippen LogP contribution in [0.1, 0.15) is 40.0 Å². The molecule has 2 bridgehead atoms. The Hall–Kier alpha value is -0.530. The first-order valence-corrected chi connectivity index (χ1v) is 4.67. The maximum absolute atomic E-state index is 11.5. The van der Waals surface area contributed by atoms with Crippen molar-refractivity contribution in [1.82, 2.24) is 0 Å². The summed E-state index contributed by atoms with van der Waals surface area (Å²) in [4.78, 5) is 11.5. The van der Waals surface area contributed by atoms with E-state index in [-0.39, 0.29) is 17.0 Å². The first-order chi connectivity index (χ1) is 5.44. The van der Waals surface area contributed by atoms with Crippen LogP contribution in [0, 0.1) is 11.3 Å². The van der Waals surface area contributed by atoms with Gasteiger partial charge in [0.2, 0.25) is 0 Å². The van der Waals surface area contributed by atoms with Gasteiger partial charge in [-0.15, -0.1) is 0 Å². The summed E-state index contributed by atoms with van der Waals surface area (Å²) in [6.07, 6.45) is 2.96. The summed E-state index contributed by atoms with van der Waals surface area (Å²) < 4.78 is 5.41. The maximum atomic E-state index is 11.5. The van der Waals surface area contributed by atoms with Gasteiger partial charge in [0.05, 0.1) is 5.41 Å². The Balaban J connectivity index is 2.33. The zero-order valence-electron chi connectivity index (χ0n) is 8.02. The van der Waals surface area contributed by atoms with Crippen molar-refractivity contribution in [3.63, 3.8) is 0 Å². The van der Waals surface area contributed by atoms with Crippen molar-refractivity contribution < 1.29 is 9.53 Å². The molecule has 0 radical (unpaired) electrons. The summed E-state index contributed by atoms with van der Waals surface area (Å²) in [5.41, 5.74) is -0.323. The minimum Gasteiger partial charge on any atom is -0.459 e. The molecule has 2 rings (SSSR count). The lowest BCUT2D eigenvalue weighted by Gasteiger charge is -2.33. The Morgan fingerprint density at radius 2 is 2.08 bits per heavy atom. The molecular weight excluding hydrogens is 152 g/mol. The SMILES string of the molecule is CC1CC2(C)CC(C)(C1)C(=O)O2. The number of hydrogen-bond donors (Lipinski definition) is 0. The Morgan fingerprint density at radius 1 is 1.42 bits per heavy atom. The van der Waals surface area contributed by atoms with Gasteiger partial charge in [0.1, 0.15) is 5.60 Å². The minimum absolute atomic E-state index is 0.0225. The average Bonchev–Trinajstić information content (AvgIpc) is 1.96. The van der Waals surface area contributed by atoms with Gasteiger partial charge in [0.15, 0.2) is 0 Å². The smallest absolute Gasteiger partial charge is 0.312 e. The molecule has 2 nitrogen and oxygen atoms in total. The van der Waals surface area contributed by atoms with Gasteiger partial charge in [-0.2, -0.15) is 0 Å². The molecular formula is C10H16O2. The van der Waals surface area contributed by atoms with Crippen LogP contribution >= 0.6 is 0 Å². The van der Waals surface area contributed by atoms with Crippen LogP contribution in [0.5, 0.6) is 0 Å². The maximum Gasteiger partial charge on any atom is 0.312 e. The quantitative estimate of drug-likeness (QED) is 0.518. The van der Waals surface area contributed by atoms with Gasteiger partial charge in [0, 0.05) is 6.42 Å². The van der Waals surface area contributed by atoms with Gasteiger partial charge in [-0.05, 0) is 32.6 Å². The van der Waals surface area contributed by atoms with E-state index in [0.717, 1.165) is 19.3 Å². The van der Waals surface area contributed by atoms with Crippen LogP contribution in [0.15, 0.2) is 0 Å². The molecule has 1 aliphatic heterocycles. The second-order valence-corrected chi connectivity index (χ2v) is 5.09. The Morgan fingerprint density at radius 3 is 2.67 bits per heavy atom. The lowest BCUT2D eigenvalue weighted by atomic mass is 9.68. The molecule has 3 unspecified atom stereocenters. The van der Waals surface area contributed by atoms with Crippen LogP contribution in [0.4, 0.5) is 0 Å². The Bertz CT molecular complexity index is 236. The molecule has 1 heterocycles. The zero-order chi connectivity index (χ0) is 8.98. The highest BCUT2D eigenvalue weighted by molar-refractivity contribution is 5.79. The van der Waals surface area contributed by atoms with Gasteiger partial charge in [0.25, 0.3) is 0 Å². The minimum atomic E-state index is -0.174. The molecule has 0 aromatic carbocycles. The number of rotatable bonds is 0. The third-order valence-corrected chi connectivity index (χ3v) is 3.18. The second-order valence-electron chi connectivity index (χ2n) is 5.09. The van der Waals surface area contributed by atoms with Gasteiger partial charge in [-0.3, -0.25) is 4.79 Å². The van der Waals surface area contributed by atoms with E-state index in [1.807, 2.05) is 6.92 Å². The summed E-state index contributed by atoms with van der Waals surface area (Å²) in [6.45, 7) is 6.31. The van der Waals surface area contributed by atoms with E-state index < -0.39 is 0 Å². The summed E-state index contributed by atoms with van der Waals surface area (Å²) in [7, 11) is 0. The van der Waals surface area contributed by atoms with E-state index in [4.69, 9.17) is 4.74 Å². The topological polar surface area (TPSA) is 26.3 Å². The van der Waals surface area contributed by atoms with Crippen LogP contribution < -0.4 is 0 Å². The lowest BCUT2D eigenvalue weighted by Crippen LogP contribution is -2.34. The summed E-state index contributed by atoms with van der Waals surface area (Å²) in [6, 6.07) is 0. The van der Waals surface area contributed by atoms with Crippen molar-refractivity contribution in [1.29, 1.82) is 0 Å². The molecule has 2 fully saturated rings. The molecule has 2 aliphatic rings. The van der Waals surface area contributed by atoms with Gasteiger partial charge < -0.3 is 4.74 Å². The van der Waals surface area contributed by atoms with Crippen molar-refractivity contribution in [2.24, 2.45) is 11.3 Å². The fourth-order valence-corrected chi connectivity index (χ4v) is 3.13. The molecule has 3 atom stereocenters. The van der Waals surface area contributed by atoms with Crippen LogP contribution in [-0.4, -0.2) is 11.6 Å². The van der Waals surface area contributed by atoms with Crippen LogP contribution in [0.3, 0.4) is 0 Å². The number of fused-ring (bicyclic) bond motifs is 2. The first-order valence-electron chi connectivity index (χ1n) is 4.67. The largest absolute Gasteiger partial charge is 0.459 e. The van der Waals surface area contributed by atoms with Gasteiger partial charge in [-0.25, -0.2) is 0 Å². The standard InChI is InChI=1S/C10H16O2/c1-7-4-9(2)6-10(3,5-7)12-8(9)11/h7H,4-6H2,1-3H3. The molecule has 0 spiro atoms. The third-order valence-electron chi connectivity index (χ3n) is 3.18. The fourth-order valence-electron chi connectivity index (χ4n) is 3.13. The molecule has 0 amide bonds. The molecule has 0 N–H and O–H groups in total. The molecule has 1 saturated carbocycles. The number of carbonyl (C=O) groups excluding carboxylic acids is 1. The molecule has 2 heteroatoms.